The lowest BCUT2D eigenvalue weighted by Crippen LogP contribution is -2.19. The van der Waals surface area contributed by atoms with Crippen LogP contribution in [0.1, 0.15) is 19.5 Å². The normalized spacial score (nSPS) is 12.1. The number of hydrogen-bond acceptors (Lipinski definition) is 6. The molecule has 2 aromatic carbocycles. The summed E-state index contributed by atoms with van der Waals surface area (Å²) in [4.78, 5) is 8.46. The zero-order chi connectivity index (χ0) is 21.3. The summed E-state index contributed by atoms with van der Waals surface area (Å²) < 4.78 is 17.0. The van der Waals surface area contributed by atoms with Crippen molar-refractivity contribution < 1.29 is 15.6 Å². The number of methoxy groups -OCH3 is 1. The molecular weight excluding hydrogens is 380 g/mol. The highest BCUT2D eigenvalue weighted by Crippen LogP contribution is 2.29. The molecule has 0 aliphatic rings. The van der Waals surface area contributed by atoms with Crippen LogP contribution < -0.4 is 15.2 Å². The van der Waals surface area contributed by atoms with E-state index < -0.39 is 0 Å². The smallest absolute Gasteiger partial charge is 0.131 e. The fourth-order valence-corrected chi connectivity index (χ4v) is 2.70. The first-order chi connectivity index (χ1) is 14.6. The molecule has 0 radical (unpaired) electrons. The van der Waals surface area contributed by atoms with E-state index >= 15 is 0 Å². The second kappa shape index (κ2) is 10.0. The molecule has 0 aliphatic heterocycles. The number of pyridine rings is 1. The van der Waals surface area contributed by atoms with Crippen molar-refractivity contribution in [2.45, 2.75) is 13.0 Å². The Hall–Kier alpha value is -3.89. The van der Waals surface area contributed by atoms with Gasteiger partial charge in [0.05, 0.1) is 30.1 Å². The molecule has 0 spiro atoms. The van der Waals surface area contributed by atoms with Crippen LogP contribution in [0, 0.1) is 11.3 Å². The highest BCUT2D eigenvalue weighted by atomic mass is 16.5. The first kappa shape index (κ1) is 20.8. The molecule has 7 heteroatoms. The molecule has 0 bridgehead atoms. The van der Waals surface area contributed by atoms with E-state index in [1.165, 1.54) is 0 Å². The summed E-state index contributed by atoms with van der Waals surface area (Å²) in [6.07, 6.45) is 3.14. The van der Waals surface area contributed by atoms with E-state index in [4.69, 9.17) is 25.2 Å². The average Bonchev–Trinajstić information content (AvgIpc) is 2.75. The van der Waals surface area contributed by atoms with E-state index in [9.17, 15) is 0 Å². The van der Waals surface area contributed by atoms with E-state index in [1.54, 1.807) is 68.0 Å². The molecule has 3 rings (SSSR count). The zero-order valence-electron chi connectivity index (χ0n) is 16.8. The minimum Gasteiger partial charge on any atom is -0.488 e. The van der Waals surface area contributed by atoms with Gasteiger partial charge in [-0.15, -0.1) is 0 Å². The van der Waals surface area contributed by atoms with Crippen molar-refractivity contribution in [3.8, 4) is 23.3 Å². The van der Waals surface area contributed by atoms with Gasteiger partial charge in [0.1, 0.15) is 29.2 Å². The maximum absolute atomic E-state index is 8.95. The second-order valence-electron chi connectivity index (χ2n) is 6.52. The molecule has 1 unspecified atom stereocenters. The fraction of sp³-hybridized carbons (Fsp3) is 0.174. The minimum atomic E-state index is -0.163. The monoisotopic (exact) mass is 404 g/mol. The van der Waals surface area contributed by atoms with Crippen molar-refractivity contribution in [3.05, 3.63) is 78.1 Å². The standard InChI is InChI=1S/C23H22N4O3.H2/c1-16(15-28-2)29-21-10-18(23(25)27-19-4-3-9-26-14-19)11-22(12-21)30-20-7-5-17(13-24)6-8-20;/h3-12,14,16H,15H2,1-2H3,(H2,25,27);1H. The Morgan fingerprint density at radius 3 is 2.60 bits per heavy atom. The highest BCUT2D eigenvalue weighted by molar-refractivity contribution is 5.99. The number of nitrogens with two attached hydrogens (primary N) is 1. The molecule has 3 aromatic rings. The van der Waals surface area contributed by atoms with Gasteiger partial charge in [0, 0.05) is 26.4 Å². The molecule has 1 atom stereocenters. The van der Waals surface area contributed by atoms with Gasteiger partial charge in [-0.25, -0.2) is 4.99 Å². The molecule has 30 heavy (non-hydrogen) atoms. The molecule has 1 aromatic heterocycles. The molecule has 0 amide bonds. The minimum absolute atomic E-state index is 0. The quantitative estimate of drug-likeness (QED) is 0.440. The van der Waals surface area contributed by atoms with Gasteiger partial charge < -0.3 is 19.9 Å². The highest BCUT2D eigenvalue weighted by Gasteiger charge is 2.11. The molecule has 0 aliphatic carbocycles. The summed E-state index contributed by atoms with van der Waals surface area (Å²) in [6.45, 7) is 2.35. The lowest BCUT2D eigenvalue weighted by Gasteiger charge is -2.16. The number of nitriles is 1. The SMILES string of the molecule is COCC(C)Oc1cc(Oc2ccc(C#N)cc2)cc(C(N)=Nc2cccnc2)c1.[HH]. The lowest BCUT2D eigenvalue weighted by atomic mass is 10.1. The topological polar surface area (TPSA) is 103 Å². The number of nitrogens with zero attached hydrogens (tertiary/aromatic N) is 3. The predicted octanol–water partition coefficient (Wildman–Crippen LogP) is 4.44. The molecule has 154 valence electrons. The average molecular weight is 404 g/mol. The van der Waals surface area contributed by atoms with Gasteiger partial charge in [-0.05, 0) is 55.5 Å². The van der Waals surface area contributed by atoms with Crippen LogP contribution in [0.4, 0.5) is 5.69 Å². The van der Waals surface area contributed by atoms with Gasteiger partial charge in [0.25, 0.3) is 0 Å². The van der Waals surface area contributed by atoms with Crippen LogP contribution in [-0.2, 0) is 4.74 Å². The summed E-state index contributed by atoms with van der Waals surface area (Å²) in [5.41, 5.74) is 8.08. The van der Waals surface area contributed by atoms with Crippen molar-refractivity contribution >= 4 is 11.5 Å². The molecule has 0 saturated carbocycles. The lowest BCUT2D eigenvalue weighted by molar-refractivity contribution is 0.0919. The maximum Gasteiger partial charge on any atom is 0.131 e. The van der Waals surface area contributed by atoms with E-state index in [-0.39, 0.29) is 7.53 Å². The second-order valence-corrected chi connectivity index (χ2v) is 6.52. The van der Waals surface area contributed by atoms with Crippen LogP contribution >= 0.6 is 0 Å². The first-order valence-electron chi connectivity index (χ1n) is 9.30. The number of rotatable bonds is 8. The number of aliphatic imine (C=N–C) groups is 1. The Morgan fingerprint density at radius 1 is 1.17 bits per heavy atom. The summed E-state index contributed by atoms with van der Waals surface area (Å²) in [5.74, 6) is 1.99. The van der Waals surface area contributed by atoms with Gasteiger partial charge in [-0.2, -0.15) is 5.26 Å². The van der Waals surface area contributed by atoms with Crippen LogP contribution in [0.15, 0.2) is 72.0 Å². The van der Waals surface area contributed by atoms with Crippen LogP contribution in [-0.4, -0.2) is 30.6 Å². The Balaban J connectivity index is 0.00000341. The largest absolute Gasteiger partial charge is 0.488 e. The molecule has 0 saturated heterocycles. The summed E-state index contributed by atoms with van der Waals surface area (Å²) in [7, 11) is 1.62. The maximum atomic E-state index is 8.95. The first-order valence-corrected chi connectivity index (χ1v) is 9.30. The summed E-state index contributed by atoms with van der Waals surface area (Å²) in [5, 5.41) is 8.95. The Bertz CT molecular complexity index is 1050. The number of hydrogen-bond donors (Lipinski definition) is 1. The van der Waals surface area contributed by atoms with Gasteiger partial charge in [0.2, 0.25) is 0 Å². The predicted molar refractivity (Wildman–Crippen MR) is 116 cm³/mol. The molecule has 7 nitrogen and oxygen atoms in total. The van der Waals surface area contributed by atoms with E-state index in [0.717, 1.165) is 0 Å². The third-order valence-corrected chi connectivity index (χ3v) is 4.03. The van der Waals surface area contributed by atoms with Gasteiger partial charge >= 0.3 is 0 Å². The van der Waals surface area contributed by atoms with Crippen molar-refractivity contribution in [1.82, 2.24) is 4.98 Å². The van der Waals surface area contributed by atoms with E-state index in [1.807, 2.05) is 13.0 Å². The van der Waals surface area contributed by atoms with E-state index in [2.05, 4.69) is 16.0 Å². The summed E-state index contributed by atoms with van der Waals surface area (Å²) >= 11 is 0. The van der Waals surface area contributed by atoms with Gasteiger partial charge in [-0.1, -0.05) is 0 Å². The van der Waals surface area contributed by atoms with Crippen LogP contribution in [0.3, 0.4) is 0 Å². The van der Waals surface area contributed by atoms with Crippen molar-refractivity contribution in [3.63, 3.8) is 0 Å². The fourth-order valence-electron chi connectivity index (χ4n) is 2.70. The molecule has 2 N–H and O–H groups in total. The Kier molecular flexibility index (Phi) is 6.98. The van der Waals surface area contributed by atoms with E-state index in [0.29, 0.717) is 46.5 Å². The Morgan fingerprint density at radius 2 is 1.93 bits per heavy atom. The summed E-state index contributed by atoms with van der Waals surface area (Å²) in [6, 6.07) is 17.9. The van der Waals surface area contributed by atoms with Crippen LogP contribution in [0.25, 0.3) is 0 Å². The van der Waals surface area contributed by atoms with Crippen molar-refractivity contribution in [1.29, 1.82) is 5.26 Å². The van der Waals surface area contributed by atoms with Crippen LogP contribution in [0.2, 0.25) is 0 Å². The number of amidine groups is 1. The molecule has 0 fully saturated rings. The van der Waals surface area contributed by atoms with Gasteiger partial charge in [-0.3, -0.25) is 4.98 Å². The Labute approximate surface area is 176 Å². The van der Waals surface area contributed by atoms with Crippen molar-refractivity contribution in [2.24, 2.45) is 10.7 Å². The van der Waals surface area contributed by atoms with Crippen molar-refractivity contribution in [2.75, 3.05) is 13.7 Å². The number of ether oxygens (including phenoxy) is 3. The number of aromatic nitrogens is 1. The molecular formula is C23H24N4O3. The third kappa shape index (κ3) is 5.80. The van der Waals surface area contributed by atoms with Gasteiger partial charge in [0.15, 0.2) is 0 Å². The van der Waals surface area contributed by atoms with Crippen LogP contribution in [0.5, 0.6) is 17.2 Å². The third-order valence-electron chi connectivity index (χ3n) is 4.03. The zero-order valence-corrected chi connectivity index (χ0v) is 16.8. The number of benzene rings is 2. The molecule has 1 heterocycles.